The van der Waals surface area contributed by atoms with E-state index in [0.717, 1.165) is 40.0 Å². The molecule has 7 rings (SSSR count). The standard InChI is InChI=1S/C32H36N4O4S.C6H12O3/c1-4-8-26-19-27-28(33-31(34-29(27)41-26)38-20-25-21-39-32(2,3)40-25)35-15-17-36(18-16-35)30(37)24-13-11-23(12-14-24)22-9-6-5-7-10-22;1-6(2)8-4-5(3-7)9-6/h5-7,9-14,19,25H,4,8,15-18,20-21H2,1-3H3;5,7H,3-4H2,1-2H3/t25-;5-/m00/s1. The van der Waals surface area contributed by atoms with E-state index in [-0.39, 0.29) is 24.7 Å². The van der Waals surface area contributed by atoms with E-state index in [1.165, 1.54) is 4.88 Å². The van der Waals surface area contributed by atoms with Crippen molar-refractivity contribution in [2.75, 3.05) is 57.5 Å². The van der Waals surface area contributed by atoms with Crippen LogP contribution in [0.1, 0.15) is 56.3 Å². The maximum absolute atomic E-state index is 13.3. The highest BCUT2D eigenvalue weighted by atomic mass is 32.1. The van der Waals surface area contributed by atoms with Crippen LogP contribution in [0.5, 0.6) is 6.01 Å². The highest BCUT2D eigenvalue weighted by molar-refractivity contribution is 7.18. The number of aliphatic hydroxyl groups excluding tert-OH is 1. The molecule has 0 unspecified atom stereocenters. The number of rotatable bonds is 9. The molecule has 0 saturated carbocycles. The molecule has 12 heteroatoms. The second-order valence-corrected chi connectivity index (χ2v) is 14.7. The summed E-state index contributed by atoms with van der Waals surface area (Å²) in [7, 11) is 0. The van der Waals surface area contributed by atoms with Crippen LogP contribution >= 0.6 is 11.3 Å². The maximum Gasteiger partial charge on any atom is 0.319 e. The molecule has 0 bridgehead atoms. The number of hydrogen-bond donors (Lipinski definition) is 1. The molecule has 5 heterocycles. The van der Waals surface area contributed by atoms with Crippen LogP contribution in [0.4, 0.5) is 5.82 Å². The first-order valence-corrected chi connectivity index (χ1v) is 18.2. The van der Waals surface area contributed by atoms with E-state index in [9.17, 15) is 4.79 Å². The summed E-state index contributed by atoms with van der Waals surface area (Å²) in [5, 5.41) is 9.64. The van der Waals surface area contributed by atoms with Crippen LogP contribution in [0.3, 0.4) is 0 Å². The number of hydrogen-bond acceptors (Lipinski definition) is 11. The van der Waals surface area contributed by atoms with E-state index < -0.39 is 11.6 Å². The number of aliphatic hydroxyl groups is 1. The van der Waals surface area contributed by atoms with E-state index in [0.29, 0.717) is 57.6 Å². The number of aryl methyl sites for hydroxylation is 1. The number of nitrogens with zero attached hydrogens (tertiary/aromatic N) is 4. The number of piperazine rings is 1. The van der Waals surface area contributed by atoms with Gasteiger partial charge in [-0.3, -0.25) is 4.79 Å². The number of carbonyl (C=O) groups excluding carboxylic acids is 1. The zero-order chi connectivity index (χ0) is 35.3. The van der Waals surface area contributed by atoms with Crippen LogP contribution in [-0.4, -0.2) is 102 Å². The Bertz CT molecular complexity index is 1720. The van der Waals surface area contributed by atoms with Crippen LogP contribution in [-0.2, 0) is 25.4 Å². The van der Waals surface area contributed by atoms with Gasteiger partial charge in [-0.15, -0.1) is 11.3 Å². The van der Waals surface area contributed by atoms with Crippen molar-refractivity contribution in [3.63, 3.8) is 0 Å². The lowest BCUT2D eigenvalue weighted by Crippen LogP contribution is -2.49. The van der Waals surface area contributed by atoms with Gasteiger partial charge in [0.15, 0.2) is 11.6 Å². The van der Waals surface area contributed by atoms with Crippen molar-refractivity contribution in [2.45, 2.75) is 71.2 Å². The second-order valence-electron chi connectivity index (χ2n) is 13.6. The molecule has 50 heavy (non-hydrogen) atoms. The summed E-state index contributed by atoms with van der Waals surface area (Å²) in [5.74, 6) is -0.170. The van der Waals surface area contributed by atoms with E-state index in [2.05, 4.69) is 30.0 Å². The van der Waals surface area contributed by atoms with Gasteiger partial charge in [0.1, 0.15) is 29.5 Å². The summed E-state index contributed by atoms with van der Waals surface area (Å²) in [4.78, 5) is 29.3. The number of thiophene rings is 1. The summed E-state index contributed by atoms with van der Waals surface area (Å²) >= 11 is 1.70. The minimum atomic E-state index is -0.603. The number of fused-ring (bicyclic) bond motifs is 1. The van der Waals surface area contributed by atoms with E-state index in [1.807, 2.05) is 75.1 Å². The van der Waals surface area contributed by atoms with E-state index in [4.69, 9.17) is 38.8 Å². The van der Waals surface area contributed by atoms with Crippen LogP contribution in [0, 0.1) is 0 Å². The van der Waals surface area contributed by atoms with Crippen molar-refractivity contribution >= 4 is 33.3 Å². The van der Waals surface area contributed by atoms with Gasteiger partial charge in [-0.25, -0.2) is 0 Å². The lowest BCUT2D eigenvalue weighted by atomic mass is 10.0. The molecule has 3 aliphatic heterocycles. The lowest BCUT2D eigenvalue weighted by Gasteiger charge is -2.35. The van der Waals surface area contributed by atoms with Crippen LogP contribution in [0.25, 0.3) is 21.3 Å². The highest BCUT2D eigenvalue weighted by Crippen LogP contribution is 2.34. The first kappa shape index (κ1) is 36.2. The van der Waals surface area contributed by atoms with Gasteiger partial charge >= 0.3 is 6.01 Å². The van der Waals surface area contributed by atoms with Gasteiger partial charge in [-0.05, 0) is 63.4 Å². The first-order valence-electron chi connectivity index (χ1n) is 17.4. The molecule has 3 saturated heterocycles. The Morgan fingerprint density at radius 3 is 2.12 bits per heavy atom. The Balaban J connectivity index is 0.000000419. The van der Waals surface area contributed by atoms with Gasteiger partial charge in [-0.1, -0.05) is 55.8 Å². The second kappa shape index (κ2) is 15.7. The minimum absolute atomic E-state index is 0.0451. The predicted molar refractivity (Wildman–Crippen MR) is 194 cm³/mol. The lowest BCUT2D eigenvalue weighted by molar-refractivity contribution is -0.142. The molecular weight excluding hydrogens is 657 g/mol. The average molecular weight is 705 g/mol. The summed E-state index contributed by atoms with van der Waals surface area (Å²) in [6, 6.07) is 20.7. The minimum Gasteiger partial charge on any atom is -0.461 e. The predicted octanol–water partition coefficient (Wildman–Crippen LogP) is 5.93. The molecule has 4 aromatic rings. The van der Waals surface area contributed by atoms with Crippen LogP contribution < -0.4 is 9.64 Å². The Morgan fingerprint density at radius 2 is 1.54 bits per heavy atom. The van der Waals surface area contributed by atoms with Gasteiger partial charge in [0.2, 0.25) is 0 Å². The highest BCUT2D eigenvalue weighted by Gasteiger charge is 2.34. The molecule has 3 aliphatic rings. The molecule has 268 valence electrons. The number of carbonyl (C=O) groups is 1. The third kappa shape index (κ3) is 8.98. The Morgan fingerprint density at radius 1 is 0.900 bits per heavy atom. The van der Waals surface area contributed by atoms with Crippen LogP contribution in [0.15, 0.2) is 60.7 Å². The largest absolute Gasteiger partial charge is 0.461 e. The zero-order valence-corrected chi connectivity index (χ0v) is 30.4. The zero-order valence-electron chi connectivity index (χ0n) is 29.6. The van der Waals surface area contributed by atoms with Gasteiger partial charge in [0, 0.05) is 36.6 Å². The molecular formula is C38H48N4O7S. The molecule has 11 nitrogen and oxygen atoms in total. The molecule has 1 N–H and O–H groups in total. The number of anilines is 1. The molecule has 0 spiro atoms. The fourth-order valence-electron chi connectivity index (χ4n) is 6.22. The van der Waals surface area contributed by atoms with Crippen LogP contribution in [0.2, 0.25) is 0 Å². The smallest absolute Gasteiger partial charge is 0.319 e. The molecule has 2 atom stereocenters. The molecule has 2 aromatic heterocycles. The van der Waals surface area contributed by atoms with Gasteiger partial charge in [0.05, 0.1) is 25.2 Å². The van der Waals surface area contributed by atoms with Crippen molar-refractivity contribution in [1.82, 2.24) is 14.9 Å². The third-order valence-corrected chi connectivity index (χ3v) is 9.83. The van der Waals surface area contributed by atoms with Crippen molar-refractivity contribution in [3.8, 4) is 17.1 Å². The Hall–Kier alpha value is -3.65. The Labute approximate surface area is 298 Å². The summed E-state index contributed by atoms with van der Waals surface area (Å²) in [6.45, 7) is 13.6. The molecule has 3 fully saturated rings. The van der Waals surface area contributed by atoms with Crippen molar-refractivity contribution in [1.29, 1.82) is 0 Å². The maximum atomic E-state index is 13.3. The average Bonchev–Trinajstić information content (AvgIpc) is 3.82. The topological polar surface area (TPSA) is 116 Å². The van der Waals surface area contributed by atoms with Crippen molar-refractivity contribution < 1.29 is 33.6 Å². The van der Waals surface area contributed by atoms with E-state index >= 15 is 0 Å². The van der Waals surface area contributed by atoms with Crippen molar-refractivity contribution in [3.05, 3.63) is 71.1 Å². The summed E-state index contributed by atoms with van der Waals surface area (Å²) in [5.41, 5.74) is 2.95. The quantitative estimate of drug-likeness (QED) is 0.225. The number of amides is 1. The fraction of sp³-hybridized carbons (Fsp3) is 0.500. The monoisotopic (exact) mass is 704 g/mol. The summed E-state index contributed by atoms with van der Waals surface area (Å²) in [6.07, 6.45) is 1.79. The van der Waals surface area contributed by atoms with Gasteiger partial charge in [0.25, 0.3) is 5.91 Å². The molecule has 2 aromatic carbocycles. The van der Waals surface area contributed by atoms with Crippen molar-refractivity contribution in [2.24, 2.45) is 0 Å². The molecule has 1 amide bonds. The molecule has 0 aliphatic carbocycles. The fourth-order valence-corrected chi connectivity index (χ4v) is 7.33. The summed E-state index contributed by atoms with van der Waals surface area (Å²) < 4.78 is 28.0. The van der Waals surface area contributed by atoms with E-state index in [1.54, 1.807) is 11.3 Å². The number of benzene rings is 2. The third-order valence-electron chi connectivity index (χ3n) is 8.74. The number of aromatic nitrogens is 2. The molecule has 0 radical (unpaired) electrons. The van der Waals surface area contributed by atoms with Gasteiger partial charge in [-0.2, -0.15) is 9.97 Å². The van der Waals surface area contributed by atoms with Gasteiger partial charge < -0.3 is 38.6 Å². The normalized spacial score (nSPS) is 21.2. The SMILES string of the molecule is CC1(C)OC[C@H](CO)O1.CCCc1cc2c(N3CCN(C(=O)c4ccc(-c5ccccc5)cc4)CC3)nc(OC[C@H]3COC(C)(C)O3)nc2s1. The first-order chi connectivity index (χ1) is 24.0. The number of ether oxygens (including phenoxy) is 5. The Kier molecular flexibility index (Phi) is 11.4.